The lowest BCUT2D eigenvalue weighted by atomic mass is 9.78. The van der Waals surface area contributed by atoms with Crippen LogP contribution in [0.1, 0.15) is 33.1 Å². The fourth-order valence-corrected chi connectivity index (χ4v) is 3.14. The van der Waals surface area contributed by atoms with E-state index < -0.39 is 0 Å². The number of halogens is 1. The van der Waals surface area contributed by atoms with E-state index >= 15 is 0 Å². The van der Waals surface area contributed by atoms with Crippen molar-refractivity contribution >= 4 is 21.8 Å². The Morgan fingerprint density at radius 3 is 2.85 bits per heavy atom. The normalized spacial score (nSPS) is 26.1. The second-order valence-electron chi connectivity index (χ2n) is 5.66. The fourth-order valence-electron chi connectivity index (χ4n) is 2.74. The molecule has 1 amide bonds. The van der Waals surface area contributed by atoms with Crippen LogP contribution in [0.15, 0.2) is 28.7 Å². The van der Waals surface area contributed by atoms with Crippen LogP contribution in [0.25, 0.3) is 0 Å². The summed E-state index contributed by atoms with van der Waals surface area (Å²) >= 11 is 3.41. The van der Waals surface area contributed by atoms with Gasteiger partial charge in [0.25, 0.3) is 5.91 Å². The zero-order chi connectivity index (χ0) is 14.5. The summed E-state index contributed by atoms with van der Waals surface area (Å²) in [5, 5.41) is 3.11. The van der Waals surface area contributed by atoms with E-state index in [0.29, 0.717) is 17.6 Å². The van der Waals surface area contributed by atoms with E-state index in [1.807, 2.05) is 24.3 Å². The largest absolute Gasteiger partial charge is 0.483 e. The second kappa shape index (κ2) is 7.11. The van der Waals surface area contributed by atoms with Crippen LogP contribution >= 0.6 is 15.9 Å². The number of carbonyl (C=O) groups is 1. The minimum Gasteiger partial charge on any atom is -0.483 e. The number of carbonyl (C=O) groups excluding carboxylic acids is 1. The van der Waals surface area contributed by atoms with Crippen molar-refractivity contribution in [3.8, 4) is 5.75 Å². The third-order valence-corrected chi connectivity index (χ3v) is 4.90. The van der Waals surface area contributed by atoms with E-state index in [-0.39, 0.29) is 18.6 Å². The van der Waals surface area contributed by atoms with Crippen LogP contribution in [0.5, 0.6) is 5.75 Å². The molecule has 20 heavy (non-hydrogen) atoms. The highest BCUT2D eigenvalue weighted by Gasteiger charge is 2.28. The number of benzene rings is 1. The quantitative estimate of drug-likeness (QED) is 0.906. The lowest BCUT2D eigenvalue weighted by molar-refractivity contribution is -0.124. The summed E-state index contributed by atoms with van der Waals surface area (Å²) in [6.45, 7) is 4.56. The van der Waals surface area contributed by atoms with Crippen molar-refractivity contribution in [2.75, 3.05) is 6.61 Å². The Morgan fingerprint density at radius 1 is 1.35 bits per heavy atom. The van der Waals surface area contributed by atoms with Gasteiger partial charge in [0.1, 0.15) is 5.75 Å². The highest BCUT2D eigenvalue weighted by molar-refractivity contribution is 9.10. The van der Waals surface area contributed by atoms with Crippen molar-refractivity contribution in [1.29, 1.82) is 0 Å². The van der Waals surface area contributed by atoms with Crippen LogP contribution in [-0.2, 0) is 4.79 Å². The molecule has 1 aliphatic rings. The number of amides is 1. The Bertz CT molecular complexity index is 464. The maximum absolute atomic E-state index is 12.0. The molecule has 1 saturated carbocycles. The maximum Gasteiger partial charge on any atom is 0.258 e. The Balaban J connectivity index is 1.82. The molecule has 1 aromatic carbocycles. The van der Waals surface area contributed by atoms with E-state index in [0.717, 1.165) is 10.9 Å². The molecule has 1 aromatic rings. The Hall–Kier alpha value is -1.03. The molecule has 0 unspecified atom stereocenters. The van der Waals surface area contributed by atoms with Gasteiger partial charge in [-0.3, -0.25) is 4.79 Å². The van der Waals surface area contributed by atoms with Crippen LogP contribution < -0.4 is 10.1 Å². The van der Waals surface area contributed by atoms with E-state index in [1.165, 1.54) is 12.8 Å². The molecule has 0 radical (unpaired) electrons. The minimum absolute atomic E-state index is 0.0355. The maximum atomic E-state index is 12.0. The first kappa shape index (κ1) is 15.4. The molecule has 1 aliphatic carbocycles. The van der Waals surface area contributed by atoms with E-state index in [4.69, 9.17) is 4.74 Å². The van der Waals surface area contributed by atoms with Crippen LogP contribution in [0.2, 0.25) is 0 Å². The zero-order valence-corrected chi connectivity index (χ0v) is 13.7. The SMILES string of the molecule is C[C@@H]1[C@H](C)CCC[C@@H]1NC(=O)COc1ccccc1Br. The fraction of sp³-hybridized carbons (Fsp3) is 0.562. The monoisotopic (exact) mass is 339 g/mol. The molecule has 110 valence electrons. The topological polar surface area (TPSA) is 38.3 Å². The van der Waals surface area contributed by atoms with Crippen LogP contribution in [-0.4, -0.2) is 18.6 Å². The number of ether oxygens (including phenoxy) is 1. The smallest absolute Gasteiger partial charge is 0.258 e. The average molecular weight is 340 g/mol. The number of nitrogens with one attached hydrogen (secondary N) is 1. The molecular formula is C16H22BrNO2. The number of para-hydroxylation sites is 1. The third kappa shape index (κ3) is 3.98. The summed E-state index contributed by atoms with van der Waals surface area (Å²) in [7, 11) is 0. The summed E-state index contributed by atoms with van der Waals surface area (Å²) in [4.78, 5) is 12.0. The number of hydrogen-bond donors (Lipinski definition) is 1. The summed E-state index contributed by atoms with van der Waals surface area (Å²) in [5.41, 5.74) is 0. The van der Waals surface area contributed by atoms with E-state index in [1.54, 1.807) is 0 Å². The lowest BCUT2D eigenvalue weighted by Crippen LogP contribution is -2.45. The van der Waals surface area contributed by atoms with Gasteiger partial charge in [0.2, 0.25) is 0 Å². The molecule has 0 bridgehead atoms. The molecule has 3 nitrogen and oxygen atoms in total. The zero-order valence-electron chi connectivity index (χ0n) is 12.1. The number of hydrogen-bond acceptors (Lipinski definition) is 2. The first-order chi connectivity index (χ1) is 9.58. The van der Waals surface area contributed by atoms with Gasteiger partial charge in [-0.25, -0.2) is 0 Å². The molecule has 3 atom stereocenters. The van der Waals surface area contributed by atoms with Gasteiger partial charge >= 0.3 is 0 Å². The summed E-state index contributed by atoms with van der Waals surface area (Å²) in [6, 6.07) is 7.85. The first-order valence-electron chi connectivity index (χ1n) is 7.24. The predicted molar refractivity (Wildman–Crippen MR) is 83.7 cm³/mol. The highest BCUT2D eigenvalue weighted by Crippen LogP contribution is 2.29. The van der Waals surface area contributed by atoms with Gasteiger partial charge in [-0.2, -0.15) is 0 Å². The van der Waals surface area contributed by atoms with Gasteiger partial charge in [0.05, 0.1) is 4.47 Å². The molecular weight excluding hydrogens is 318 g/mol. The standard InChI is InChI=1S/C16H22BrNO2/c1-11-6-5-8-14(12(11)2)18-16(19)10-20-15-9-4-3-7-13(15)17/h3-4,7,9,11-12,14H,5-6,8,10H2,1-2H3,(H,18,19)/t11-,12-,14+/m1/s1. The van der Waals surface area contributed by atoms with Crippen molar-refractivity contribution in [2.24, 2.45) is 11.8 Å². The molecule has 1 N–H and O–H groups in total. The van der Waals surface area contributed by atoms with Gasteiger partial charge in [-0.15, -0.1) is 0 Å². The van der Waals surface area contributed by atoms with Crippen molar-refractivity contribution in [3.05, 3.63) is 28.7 Å². The summed E-state index contributed by atoms with van der Waals surface area (Å²) < 4.78 is 6.41. The molecule has 0 heterocycles. The summed E-state index contributed by atoms with van der Waals surface area (Å²) in [6.07, 6.45) is 3.54. The molecule has 0 aromatic heterocycles. The molecule has 1 fully saturated rings. The van der Waals surface area contributed by atoms with Crippen molar-refractivity contribution in [1.82, 2.24) is 5.32 Å². The predicted octanol–water partition coefficient (Wildman–Crippen LogP) is 3.77. The second-order valence-corrected chi connectivity index (χ2v) is 6.51. The lowest BCUT2D eigenvalue weighted by Gasteiger charge is -2.34. The molecule has 0 aliphatic heterocycles. The van der Waals surface area contributed by atoms with E-state index in [9.17, 15) is 4.79 Å². The summed E-state index contributed by atoms with van der Waals surface area (Å²) in [5.74, 6) is 1.88. The minimum atomic E-state index is -0.0355. The van der Waals surface area contributed by atoms with Gasteiger partial charge in [0, 0.05) is 6.04 Å². The average Bonchev–Trinajstić information content (AvgIpc) is 2.43. The van der Waals surface area contributed by atoms with Gasteiger partial charge in [-0.05, 0) is 46.3 Å². The van der Waals surface area contributed by atoms with Crippen molar-refractivity contribution < 1.29 is 9.53 Å². The van der Waals surface area contributed by atoms with Gasteiger partial charge < -0.3 is 10.1 Å². The Kier molecular flexibility index (Phi) is 5.46. The third-order valence-electron chi connectivity index (χ3n) is 4.25. The molecule has 0 spiro atoms. The Labute approximate surface area is 129 Å². The van der Waals surface area contributed by atoms with E-state index in [2.05, 4.69) is 35.1 Å². The highest BCUT2D eigenvalue weighted by atomic mass is 79.9. The van der Waals surface area contributed by atoms with Crippen LogP contribution in [0.4, 0.5) is 0 Å². The van der Waals surface area contributed by atoms with Crippen LogP contribution in [0.3, 0.4) is 0 Å². The Morgan fingerprint density at radius 2 is 2.10 bits per heavy atom. The van der Waals surface area contributed by atoms with Gasteiger partial charge in [0.15, 0.2) is 6.61 Å². The van der Waals surface area contributed by atoms with Crippen molar-refractivity contribution in [3.63, 3.8) is 0 Å². The van der Waals surface area contributed by atoms with Crippen molar-refractivity contribution in [2.45, 2.75) is 39.2 Å². The number of rotatable bonds is 4. The van der Waals surface area contributed by atoms with Gasteiger partial charge in [-0.1, -0.05) is 38.8 Å². The molecule has 0 saturated heterocycles. The van der Waals surface area contributed by atoms with Crippen LogP contribution in [0, 0.1) is 11.8 Å². The molecule has 2 rings (SSSR count). The molecule has 4 heteroatoms. The first-order valence-corrected chi connectivity index (χ1v) is 8.04.